The number of nitrogens with two attached hydrogens (primary N) is 1. The Hall–Kier alpha value is -1.58. The normalized spacial score (nSPS) is 20.2. The van der Waals surface area contributed by atoms with Crippen LogP contribution in [0.5, 0.6) is 11.5 Å². The number of nitrogens with zero attached hydrogens (tertiary/aromatic N) is 1. The molecule has 1 fully saturated rings. The molecule has 2 aliphatic heterocycles. The molecule has 0 bridgehead atoms. The maximum Gasteiger partial charge on any atom is 0.163 e. The van der Waals surface area contributed by atoms with Crippen molar-refractivity contribution in [1.29, 1.82) is 0 Å². The molecule has 0 spiro atoms. The molecule has 4 heteroatoms. The first-order chi connectivity index (χ1) is 9.67. The van der Waals surface area contributed by atoms with Crippen LogP contribution in [0.2, 0.25) is 0 Å². The van der Waals surface area contributed by atoms with Crippen LogP contribution < -0.4 is 20.1 Å². The van der Waals surface area contributed by atoms with Crippen molar-refractivity contribution >= 4 is 11.4 Å². The minimum atomic E-state index is 0.444. The zero-order valence-electron chi connectivity index (χ0n) is 12.4. The van der Waals surface area contributed by atoms with Crippen LogP contribution in [0, 0.1) is 5.41 Å². The lowest BCUT2D eigenvalue weighted by Gasteiger charge is -2.28. The Morgan fingerprint density at radius 3 is 2.40 bits per heavy atom. The van der Waals surface area contributed by atoms with Gasteiger partial charge < -0.3 is 20.1 Å². The van der Waals surface area contributed by atoms with Gasteiger partial charge in [0.2, 0.25) is 0 Å². The summed E-state index contributed by atoms with van der Waals surface area (Å²) in [4.78, 5) is 2.40. The molecule has 0 radical (unpaired) electrons. The summed E-state index contributed by atoms with van der Waals surface area (Å²) in [6, 6.07) is 3.95. The molecule has 0 aliphatic carbocycles. The van der Waals surface area contributed by atoms with Gasteiger partial charge in [-0.2, -0.15) is 0 Å². The number of nitrogen functional groups attached to an aromatic ring is 1. The maximum atomic E-state index is 6.22. The van der Waals surface area contributed by atoms with Gasteiger partial charge in [0.1, 0.15) is 13.2 Å². The van der Waals surface area contributed by atoms with E-state index in [1.165, 1.54) is 19.3 Å². The summed E-state index contributed by atoms with van der Waals surface area (Å²) in [6.07, 6.45) is 3.70. The highest BCUT2D eigenvalue weighted by molar-refractivity contribution is 5.73. The highest BCUT2D eigenvalue weighted by Gasteiger charge is 2.36. The van der Waals surface area contributed by atoms with Crippen LogP contribution in [-0.4, -0.2) is 26.3 Å². The molecule has 2 N–H and O–H groups in total. The monoisotopic (exact) mass is 276 g/mol. The van der Waals surface area contributed by atoms with Gasteiger partial charge >= 0.3 is 0 Å². The molecule has 1 aromatic rings. The van der Waals surface area contributed by atoms with Gasteiger partial charge in [-0.1, -0.05) is 13.8 Å². The zero-order valence-corrected chi connectivity index (χ0v) is 12.4. The van der Waals surface area contributed by atoms with Gasteiger partial charge in [-0.3, -0.25) is 0 Å². The van der Waals surface area contributed by atoms with Gasteiger partial charge in [0, 0.05) is 25.2 Å². The Morgan fingerprint density at radius 1 is 1.15 bits per heavy atom. The van der Waals surface area contributed by atoms with Crippen molar-refractivity contribution in [3.05, 3.63) is 12.1 Å². The average Bonchev–Trinajstić information content (AvgIpc) is 2.91. The zero-order chi connectivity index (χ0) is 14.2. The van der Waals surface area contributed by atoms with Crippen LogP contribution in [0.4, 0.5) is 11.4 Å². The molecule has 2 aliphatic rings. The third-order valence-corrected chi connectivity index (χ3v) is 4.97. The van der Waals surface area contributed by atoms with Gasteiger partial charge in [-0.05, 0) is 24.7 Å². The molecule has 0 unspecified atom stereocenters. The van der Waals surface area contributed by atoms with E-state index in [9.17, 15) is 0 Å². The number of benzene rings is 1. The molecule has 1 saturated heterocycles. The SMILES string of the molecule is CCC1(CC)CCN(c2cc3c(cc2N)OCCO3)C1. The molecule has 3 rings (SSSR count). The first kappa shape index (κ1) is 13.4. The van der Waals surface area contributed by atoms with E-state index in [2.05, 4.69) is 18.7 Å². The largest absolute Gasteiger partial charge is 0.486 e. The Kier molecular flexibility index (Phi) is 3.40. The van der Waals surface area contributed by atoms with Crippen LogP contribution in [0.3, 0.4) is 0 Å². The quantitative estimate of drug-likeness (QED) is 0.862. The van der Waals surface area contributed by atoms with Crippen LogP contribution in [0.25, 0.3) is 0 Å². The number of hydrogen-bond acceptors (Lipinski definition) is 4. The van der Waals surface area contributed by atoms with Crippen molar-refractivity contribution in [3.63, 3.8) is 0 Å². The Bertz CT molecular complexity index is 497. The fourth-order valence-corrected chi connectivity index (χ4v) is 3.34. The lowest BCUT2D eigenvalue weighted by atomic mass is 9.82. The van der Waals surface area contributed by atoms with Gasteiger partial charge in [-0.15, -0.1) is 0 Å². The number of rotatable bonds is 3. The molecule has 1 aromatic carbocycles. The Morgan fingerprint density at radius 2 is 1.80 bits per heavy atom. The number of fused-ring (bicyclic) bond motifs is 1. The highest BCUT2D eigenvalue weighted by atomic mass is 16.6. The summed E-state index contributed by atoms with van der Waals surface area (Å²) in [5.41, 5.74) is 8.55. The topological polar surface area (TPSA) is 47.7 Å². The molecule has 110 valence electrons. The second-order valence-corrected chi connectivity index (χ2v) is 5.93. The second kappa shape index (κ2) is 5.08. The van der Waals surface area contributed by atoms with Crippen LogP contribution >= 0.6 is 0 Å². The van der Waals surface area contributed by atoms with E-state index < -0.39 is 0 Å². The Balaban J connectivity index is 1.88. The Labute approximate surface area is 120 Å². The van der Waals surface area contributed by atoms with Gasteiger partial charge in [-0.25, -0.2) is 0 Å². The summed E-state index contributed by atoms with van der Waals surface area (Å²) < 4.78 is 11.3. The molecule has 0 saturated carbocycles. The highest BCUT2D eigenvalue weighted by Crippen LogP contribution is 2.44. The molecule has 20 heavy (non-hydrogen) atoms. The summed E-state index contributed by atoms with van der Waals surface area (Å²) in [6.45, 7) is 7.96. The third kappa shape index (κ3) is 2.17. The van der Waals surface area contributed by atoms with Gasteiger partial charge in [0.25, 0.3) is 0 Å². The van der Waals surface area contributed by atoms with Crippen molar-refractivity contribution in [2.24, 2.45) is 5.41 Å². The van der Waals surface area contributed by atoms with E-state index in [0.29, 0.717) is 18.6 Å². The molecule has 2 heterocycles. The molecule has 4 nitrogen and oxygen atoms in total. The van der Waals surface area contributed by atoms with Crippen LogP contribution in [0.15, 0.2) is 12.1 Å². The molecule has 0 atom stereocenters. The summed E-state index contributed by atoms with van der Waals surface area (Å²) in [5.74, 6) is 1.60. The van der Waals surface area contributed by atoms with E-state index >= 15 is 0 Å². The lowest BCUT2D eigenvalue weighted by molar-refractivity contribution is 0.172. The first-order valence-electron chi connectivity index (χ1n) is 7.61. The lowest BCUT2D eigenvalue weighted by Crippen LogP contribution is -2.27. The van der Waals surface area contributed by atoms with Crippen molar-refractivity contribution < 1.29 is 9.47 Å². The smallest absolute Gasteiger partial charge is 0.163 e. The predicted octanol–water partition coefficient (Wildman–Crippen LogP) is 3.06. The minimum Gasteiger partial charge on any atom is -0.486 e. The number of hydrogen-bond donors (Lipinski definition) is 1. The minimum absolute atomic E-state index is 0.444. The molecular weight excluding hydrogens is 252 g/mol. The first-order valence-corrected chi connectivity index (χ1v) is 7.61. The maximum absolute atomic E-state index is 6.22. The summed E-state index contributed by atoms with van der Waals surface area (Å²) >= 11 is 0. The second-order valence-electron chi connectivity index (χ2n) is 5.93. The van der Waals surface area contributed by atoms with E-state index in [1.54, 1.807) is 0 Å². The van der Waals surface area contributed by atoms with Crippen LogP contribution in [0.1, 0.15) is 33.1 Å². The molecular formula is C16H24N2O2. The van der Waals surface area contributed by atoms with E-state index in [1.807, 2.05) is 12.1 Å². The fraction of sp³-hybridized carbons (Fsp3) is 0.625. The molecule has 0 amide bonds. The van der Waals surface area contributed by atoms with Crippen molar-refractivity contribution in [2.45, 2.75) is 33.1 Å². The van der Waals surface area contributed by atoms with Gasteiger partial charge in [0.05, 0.1) is 11.4 Å². The predicted molar refractivity (Wildman–Crippen MR) is 81.7 cm³/mol. The third-order valence-electron chi connectivity index (χ3n) is 4.97. The standard InChI is InChI=1S/C16H24N2O2/c1-3-16(4-2)5-6-18(11-16)13-10-15-14(9-12(13)17)19-7-8-20-15/h9-10H,3-8,11,17H2,1-2H3. The summed E-state index contributed by atoms with van der Waals surface area (Å²) in [5, 5.41) is 0. The average molecular weight is 276 g/mol. The van der Waals surface area contributed by atoms with Crippen molar-refractivity contribution in [2.75, 3.05) is 36.9 Å². The van der Waals surface area contributed by atoms with Gasteiger partial charge in [0.15, 0.2) is 11.5 Å². The summed E-state index contributed by atoms with van der Waals surface area (Å²) in [7, 11) is 0. The van der Waals surface area contributed by atoms with E-state index in [-0.39, 0.29) is 0 Å². The number of ether oxygens (including phenoxy) is 2. The molecule has 0 aromatic heterocycles. The number of anilines is 2. The van der Waals surface area contributed by atoms with Crippen LogP contribution in [-0.2, 0) is 0 Å². The van der Waals surface area contributed by atoms with E-state index in [4.69, 9.17) is 15.2 Å². The van der Waals surface area contributed by atoms with Crippen molar-refractivity contribution in [1.82, 2.24) is 0 Å². The fourth-order valence-electron chi connectivity index (χ4n) is 3.34. The van der Waals surface area contributed by atoms with Crippen molar-refractivity contribution in [3.8, 4) is 11.5 Å². The van der Waals surface area contributed by atoms with E-state index in [0.717, 1.165) is 36.0 Å².